The summed E-state index contributed by atoms with van der Waals surface area (Å²) >= 11 is 0. The van der Waals surface area contributed by atoms with E-state index < -0.39 is 0 Å². The summed E-state index contributed by atoms with van der Waals surface area (Å²) < 4.78 is 0. The SMILES string of the molecule is Cc1ccc(-c2ccc(C3N=C(C4=CCC(c5ccc(C)nc5)C=C4)C=C(c4ccccc4)N3)cc2)cn1. The van der Waals surface area contributed by atoms with Crippen LogP contribution in [0.15, 0.2) is 126 Å². The Balaban J connectivity index is 1.29. The lowest BCUT2D eigenvalue weighted by atomic mass is 9.89. The first-order valence-corrected chi connectivity index (χ1v) is 13.1. The summed E-state index contributed by atoms with van der Waals surface area (Å²) in [7, 11) is 0. The van der Waals surface area contributed by atoms with Gasteiger partial charge in [-0.05, 0) is 66.3 Å². The van der Waals surface area contributed by atoms with Crippen LogP contribution in [-0.4, -0.2) is 15.7 Å². The molecule has 6 rings (SSSR count). The Morgan fingerprint density at radius 3 is 2.08 bits per heavy atom. The number of aryl methyl sites for hydroxylation is 2. The van der Waals surface area contributed by atoms with Crippen molar-refractivity contribution in [3.63, 3.8) is 0 Å². The highest BCUT2D eigenvalue weighted by Gasteiger charge is 2.21. The maximum Gasteiger partial charge on any atom is 0.145 e. The number of nitrogens with one attached hydrogen (secondary N) is 1. The first-order chi connectivity index (χ1) is 18.6. The van der Waals surface area contributed by atoms with Crippen molar-refractivity contribution < 1.29 is 0 Å². The number of nitrogens with zero attached hydrogens (tertiary/aromatic N) is 3. The number of rotatable bonds is 5. The third-order valence-electron chi connectivity index (χ3n) is 7.16. The topological polar surface area (TPSA) is 50.2 Å². The zero-order chi connectivity index (χ0) is 25.9. The molecule has 2 aromatic heterocycles. The number of hydrogen-bond donors (Lipinski definition) is 1. The van der Waals surface area contributed by atoms with Crippen LogP contribution in [0, 0.1) is 13.8 Å². The standard InChI is InChI=1S/C34H30N4/c1-23-8-10-30(21-35-23)25-12-16-28(17-13-25)33-20-32(27-6-4-3-5-7-27)37-34(38-33)29-18-14-26(15-19-29)31-11-9-24(2)36-22-31/h3-12,14-22,25,34,37H,13H2,1-2H3. The van der Waals surface area contributed by atoms with Crippen LogP contribution >= 0.6 is 0 Å². The minimum absolute atomic E-state index is 0.177. The van der Waals surface area contributed by atoms with Gasteiger partial charge in [0.05, 0.1) is 5.71 Å². The molecule has 4 heteroatoms. The third-order valence-corrected chi connectivity index (χ3v) is 7.16. The van der Waals surface area contributed by atoms with Gasteiger partial charge in [-0.15, -0.1) is 0 Å². The fraction of sp³-hybridized carbons (Fsp3) is 0.147. The molecule has 0 amide bonds. The molecule has 1 aliphatic heterocycles. The number of hydrogen-bond acceptors (Lipinski definition) is 4. The lowest BCUT2D eigenvalue weighted by Crippen LogP contribution is -2.25. The second-order valence-electron chi connectivity index (χ2n) is 9.89. The van der Waals surface area contributed by atoms with Crippen LogP contribution in [0.1, 0.15) is 46.6 Å². The van der Waals surface area contributed by atoms with Crippen molar-refractivity contribution in [3.05, 3.63) is 149 Å². The first kappa shape index (κ1) is 23.8. The molecule has 2 unspecified atom stereocenters. The molecule has 0 radical (unpaired) electrons. The number of aromatic nitrogens is 2. The monoisotopic (exact) mass is 494 g/mol. The molecular weight excluding hydrogens is 464 g/mol. The summed E-state index contributed by atoms with van der Waals surface area (Å²) in [5.41, 5.74) is 11.1. The van der Waals surface area contributed by atoms with E-state index >= 15 is 0 Å². The Bertz CT molecular complexity index is 1540. The molecule has 2 aromatic carbocycles. The Hall–Kier alpha value is -4.57. The molecule has 0 bridgehead atoms. The van der Waals surface area contributed by atoms with Crippen LogP contribution in [0.5, 0.6) is 0 Å². The van der Waals surface area contributed by atoms with Crippen LogP contribution in [0.2, 0.25) is 0 Å². The minimum Gasteiger partial charge on any atom is -0.360 e. The van der Waals surface area contributed by atoms with Crippen LogP contribution < -0.4 is 5.32 Å². The molecule has 2 atom stereocenters. The predicted molar refractivity (Wildman–Crippen MR) is 156 cm³/mol. The molecule has 4 nitrogen and oxygen atoms in total. The Labute approximate surface area is 224 Å². The zero-order valence-electron chi connectivity index (χ0n) is 21.7. The van der Waals surface area contributed by atoms with Crippen molar-refractivity contribution in [2.75, 3.05) is 0 Å². The summed E-state index contributed by atoms with van der Waals surface area (Å²) in [6, 6.07) is 27.5. The molecule has 0 saturated carbocycles. The van der Waals surface area contributed by atoms with Gasteiger partial charge in [-0.2, -0.15) is 0 Å². The highest BCUT2D eigenvalue weighted by atomic mass is 15.1. The third kappa shape index (κ3) is 5.12. The molecule has 4 aromatic rings. The quantitative estimate of drug-likeness (QED) is 0.312. The highest BCUT2D eigenvalue weighted by molar-refractivity contribution is 6.14. The van der Waals surface area contributed by atoms with Crippen molar-refractivity contribution in [2.45, 2.75) is 32.4 Å². The smallest absolute Gasteiger partial charge is 0.145 e. The van der Waals surface area contributed by atoms with Crippen molar-refractivity contribution in [3.8, 4) is 11.1 Å². The largest absolute Gasteiger partial charge is 0.360 e. The lowest BCUT2D eigenvalue weighted by molar-refractivity contribution is 0.664. The van der Waals surface area contributed by atoms with E-state index in [1.165, 1.54) is 5.56 Å². The number of pyridine rings is 2. The minimum atomic E-state index is -0.177. The van der Waals surface area contributed by atoms with Gasteiger partial charge in [0.25, 0.3) is 0 Å². The number of aliphatic imine (C=N–C) groups is 1. The molecule has 0 spiro atoms. The maximum atomic E-state index is 5.16. The average Bonchev–Trinajstić information content (AvgIpc) is 2.98. The summed E-state index contributed by atoms with van der Waals surface area (Å²) in [5, 5.41) is 3.66. The number of benzene rings is 2. The van der Waals surface area contributed by atoms with Gasteiger partial charge in [-0.1, -0.05) is 85.0 Å². The van der Waals surface area contributed by atoms with Crippen molar-refractivity contribution in [2.24, 2.45) is 4.99 Å². The summed E-state index contributed by atoms with van der Waals surface area (Å²) in [5.74, 6) is 0.339. The zero-order valence-corrected chi connectivity index (χ0v) is 21.7. The average molecular weight is 495 g/mol. The fourth-order valence-electron chi connectivity index (χ4n) is 4.89. The Kier molecular flexibility index (Phi) is 6.53. The van der Waals surface area contributed by atoms with E-state index in [-0.39, 0.29) is 6.17 Å². The summed E-state index contributed by atoms with van der Waals surface area (Å²) in [6.07, 6.45) is 13.6. The molecule has 38 heavy (non-hydrogen) atoms. The molecule has 0 saturated heterocycles. The van der Waals surface area contributed by atoms with E-state index in [1.807, 2.05) is 38.4 Å². The van der Waals surface area contributed by atoms with E-state index in [0.717, 1.165) is 57.0 Å². The van der Waals surface area contributed by atoms with Gasteiger partial charge < -0.3 is 5.32 Å². The molecule has 1 N–H and O–H groups in total. The normalized spacial score (nSPS) is 18.7. The van der Waals surface area contributed by atoms with Gasteiger partial charge in [-0.3, -0.25) is 15.0 Å². The molecule has 3 heterocycles. The van der Waals surface area contributed by atoms with Gasteiger partial charge >= 0.3 is 0 Å². The van der Waals surface area contributed by atoms with Gasteiger partial charge in [0.1, 0.15) is 6.17 Å². The van der Waals surface area contributed by atoms with Crippen LogP contribution in [0.4, 0.5) is 0 Å². The molecular formula is C34H30N4. The number of allylic oxidation sites excluding steroid dienone is 5. The van der Waals surface area contributed by atoms with Crippen LogP contribution in [0.3, 0.4) is 0 Å². The highest BCUT2D eigenvalue weighted by Crippen LogP contribution is 2.31. The first-order valence-electron chi connectivity index (χ1n) is 13.1. The van der Waals surface area contributed by atoms with E-state index in [1.54, 1.807) is 0 Å². The van der Waals surface area contributed by atoms with Gasteiger partial charge in [-0.25, -0.2) is 0 Å². The molecule has 1 aliphatic carbocycles. The Morgan fingerprint density at radius 2 is 1.42 bits per heavy atom. The van der Waals surface area contributed by atoms with E-state index in [9.17, 15) is 0 Å². The Morgan fingerprint density at radius 1 is 0.711 bits per heavy atom. The van der Waals surface area contributed by atoms with Crippen LogP contribution in [-0.2, 0) is 0 Å². The second kappa shape index (κ2) is 10.4. The van der Waals surface area contributed by atoms with E-state index in [0.29, 0.717) is 5.92 Å². The summed E-state index contributed by atoms with van der Waals surface area (Å²) in [6.45, 7) is 4.03. The van der Waals surface area contributed by atoms with E-state index in [2.05, 4.69) is 106 Å². The predicted octanol–water partition coefficient (Wildman–Crippen LogP) is 7.51. The van der Waals surface area contributed by atoms with Gasteiger partial charge in [0.2, 0.25) is 0 Å². The molecule has 186 valence electrons. The van der Waals surface area contributed by atoms with Crippen molar-refractivity contribution in [1.29, 1.82) is 0 Å². The lowest BCUT2D eigenvalue weighted by Gasteiger charge is -2.26. The molecule has 2 aliphatic rings. The van der Waals surface area contributed by atoms with Gasteiger partial charge in [0, 0.05) is 41.0 Å². The van der Waals surface area contributed by atoms with Gasteiger partial charge in [0.15, 0.2) is 0 Å². The van der Waals surface area contributed by atoms with Crippen molar-refractivity contribution >= 4 is 11.4 Å². The summed E-state index contributed by atoms with van der Waals surface area (Å²) in [4.78, 5) is 14.1. The second-order valence-corrected chi connectivity index (χ2v) is 9.89. The maximum absolute atomic E-state index is 5.16. The van der Waals surface area contributed by atoms with Crippen LogP contribution in [0.25, 0.3) is 16.8 Å². The molecule has 0 fully saturated rings. The fourth-order valence-corrected chi connectivity index (χ4v) is 4.89. The van der Waals surface area contributed by atoms with Crippen molar-refractivity contribution in [1.82, 2.24) is 15.3 Å². The van der Waals surface area contributed by atoms with E-state index in [4.69, 9.17) is 4.99 Å².